The second-order valence-electron chi connectivity index (χ2n) is 4.02. The van der Waals surface area contributed by atoms with Gasteiger partial charge < -0.3 is 15.2 Å². The van der Waals surface area contributed by atoms with Gasteiger partial charge in [-0.15, -0.1) is 6.58 Å². The average Bonchev–Trinajstić information content (AvgIpc) is 2.40. The Labute approximate surface area is 116 Å². The number of carbonyl (C=O) groups excluding carboxylic acids is 1. The van der Waals surface area contributed by atoms with Crippen LogP contribution in [0.25, 0.3) is 0 Å². The summed E-state index contributed by atoms with van der Waals surface area (Å²) in [6.07, 6.45) is 2.25. The van der Waals surface area contributed by atoms with Crippen LogP contribution in [0.5, 0.6) is 0 Å². The lowest BCUT2D eigenvalue weighted by molar-refractivity contribution is -0.116. The number of carboxylic acids is 1. The third-order valence-corrected chi connectivity index (χ3v) is 2.42. The minimum absolute atomic E-state index is 0.0870. The van der Waals surface area contributed by atoms with Crippen LogP contribution in [0.1, 0.15) is 23.2 Å². The normalized spacial score (nSPS) is 10.1. The summed E-state index contributed by atoms with van der Waals surface area (Å²) in [6.45, 7) is 4.30. The van der Waals surface area contributed by atoms with Crippen LogP contribution in [0.2, 0.25) is 0 Å². The molecule has 0 aliphatic carbocycles. The van der Waals surface area contributed by atoms with Crippen LogP contribution in [0.15, 0.2) is 30.9 Å². The molecule has 1 aromatic rings. The number of halogens is 1. The third-order valence-electron chi connectivity index (χ3n) is 2.42. The topological polar surface area (TPSA) is 75.6 Å². The van der Waals surface area contributed by atoms with E-state index in [1.54, 1.807) is 6.08 Å². The molecular weight excluding hydrogens is 265 g/mol. The first-order valence-electron chi connectivity index (χ1n) is 6.06. The lowest BCUT2D eigenvalue weighted by Gasteiger charge is -2.07. The van der Waals surface area contributed by atoms with Gasteiger partial charge in [0.15, 0.2) is 0 Å². The minimum Gasteiger partial charge on any atom is -0.478 e. The number of anilines is 1. The van der Waals surface area contributed by atoms with E-state index in [0.29, 0.717) is 19.6 Å². The summed E-state index contributed by atoms with van der Waals surface area (Å²) in [6, 6.07) is 3.23. The molecule has 1 amide bonds. The third kappa shape index (κ3) is 5.19. The fourth-order valence-electron chi connectivity index (χ4n) is 1.47. The van der Waals surface area contributed by atoms with Crippen molar-refractivity contribution in [2.24, 2.45) is 0 Å². The van der Waals surface area contributed by atoms with E-state index in [1.165, 1.54) is 0 Å². The first kappa shape index (κ1) is 15.8. The number of hydrogen-bond donors (Lipinski definition) is 2. The zero-order valence-corrected chi connectivity index (χ0v) is 10.9. The molecular formula is C14H16FNO4. The fraction of sp³-hybridized carbons (Fsp3) is 0.286. The highest BCUT2D eigenvalue weighted by Crippen LogP contribution is 2.16. The Hall–Kier alpha value is -2.21. The number of aromatic carboxylic acids is 1. The second kappa shape index (κ2) is 8.06. The molecule has 0 saturated heterocycles. The number of benzene rings is 1. The molecule has 0 fully saturated rings. The number of ether oxygens (including phenoxy) is 1. The summed E-state index contributed by atoms with van der Waals surface area (Å²) >= 11 is 0. The van der Waals surface area contributed by atoms with Gasteiger partial charge in [-0.25, -0.2) is 9.18 Å². The van der Waals surface area contributed by atoms with Gasteiger partial charge >= 0.3 is 5.97 Å². The maximum atomic E-state index is 13.4. The Morgan fingerprint density at radius 3 is 2.85 bits per heavy atom. The molecule has 0 aliphatic heterocycles. The predicted octanol–water partition coefficient (Wildman–Crippen LogP) is 2.45. The first-order valence-corrected chi connectivity index (χ1v) is 6.06. The molecule has 108 valence electrons. The molecule has 0 aliphatic rings. The Morgan fingerprint density at radius 1 is 1.45 bits per heavy atom. The van der Waals surface area contributed by atoms with Crippen LogP contribution in [0.3, 0.4) is 0 Å². The van der Waals surface area contributed by atoms with Crippen LogP contribution >= 0.6 is 0 Å². The largest absolute Gasteiger partial charge is 0.478 e. The lowest BCUT2D eigenvalue weighted by Crippen LogP contribution is -2.14. The molecule has 0 bridgehead atoms. The van der Waals surface area contributed by atoms with Gasteiger partial charge in [0.05, 0.1) is 17.9 Å². The van der Waals surface area contributed by atoms with E-state index < -0.39 is 17.7 Å². The van der Waals surface area contributed by atoms with Crippen molar-refractivity contribution in [2.45, 2.75) is 12.8 Å². The molecule has 0 atom stereocenters. The van der Waals surface area contributed by atoms with Gasteiger partial charge in [0, 0.05) is 13.0 Å². The van der Waals surface area contributed by atoms with Crippen molar-refractivity contribution in [1.82, 2.24) is 0 Å². The van der Waals surface area contributed by atoms with E-state index in [0.717, 1.165) is 18.2 Å². The molecule has 0 aromatic heterocycles. The molecule has 0 unspecified atom stereocenters. The number of nitrogens with one attached hydrogen (secondary N) is 1. The Kier molecular flexibility index (Phi) is 6.39. The highest BCUT2D eigenvalue weighted by atomic mass is 19.1. The van der Waals surface area contributed by atoms with Gasteiger partial charge in [-0.3, -0.25) is 4.79 Å². The van der Waals surface area contributed by atoms with Crippen LogP contribution in [-0.4, -0.2) is 30.2 Å². The maximum Gasteiger partial charge on any atom is 0.335 e. The quantitative estimate of drug-likeness (QED) is 0.567. The molecule has 0 heterocycles. The van der Waals surface area contributed by atoms with Gasteiger partial charge in [-0.05, 0) is 24.6 Å². The summed E-state index contributed by atoms with van der Waals surface area (Å²) in [5.74, 6) is -2.25. The smallest absolute Gasteiger partial charge is 0.335 e. The number of hydrogen-bond acceptors (Lipinski definition) is 3. The molecule has 20 heavy (non-hydrogen) atoms. The summed E-state index contributed by atoms with van der Waals surface area (Å²) in [7, 11) is 0. The molecule has 0 saturated carbocycles. The summed E-state index contributed by atoms with van der Waals surface area (Å²) in [5, 5.41) is 11.1. The molecule has 6 heteroatoms. The van der Waals surface area contributed by atoms with E-state index in [1.807, 2.05) is 0 Å². The van der Waals surface area contributed by atoms with Gasteiger partial charge in [-0.2, -0.15) is 0 Å². The number of carboxylic acid groups (broad SMARTS) is 1. The molecule has 2 N–H and O–H groups in total. The monoisotopic (exact) mass is 281 g/mol. The highest BCUT2D eigenvalue weighted by molar-refractivity contribution is 5.94. The van der Waals surface area contributed by atoms with E-state index in [4.69, 9.17) is 9.84 Å². The summed E-state index contributed by atoms with van der Waals surface area (Å²) in [5.41, 5.74) is -0.224. The predicted molar refractivity (Wildman–Crippen MR) is 72.2 cm³/mol. The van der Waals surface area contributed by atoms with Gasteiger partial charge in [-0.1, -0.05) is 6.08 Å². The van der Waals surface area contributed by atoms with Crippen LogP contribution in [0, 0.1) is 5.82 Å². The van der Waals surface area contributed by atoms with E-state index in [2.05, 4.69) is 11.9 Å². The lowest BCUT2D eigenvalue weighted by atomic mass is 10.2. The zero-order chi connectivity index (χ0) is 15.0. The van der Waals surface area contributed by atoms with Crippen molar-refractivity contribution >= 4 is 17.6 Å². The maximum absolute atomic E-state index is 13.4. The van der Waals surface area contributed by atoms with Gasteiger partial charge in [0.2, 0.25) is 5.91 Å². The minimum atomic E-state index is -1.18. The Balaban J connectivity index is 2.50. The molecule has 1 rings (SSSR count). The second-order valence-corrected chi connectivity index (χ2v) is 4.02. The number of carbonyl (C=O) groups is 2. The van der Waals surface area contributed by atoms with Crippen LogP contribution < -0.4 is 5.32 Å². The number of rotatable bonds is 8. The van der Waals surface area contributed by atoms with Crippen LogP contribution in [0.4, 0.5) is 10.1 Å². The zero-order valence-electron chi connectivity index (χ0n) is 10.9. The molecule has 0 radical (unpaired) electrons. The molecule has 1 aromatic carbocycles. The molecule has 5 nitrogen and oxygen atoms in total. The van der Waals surface area contributed by atoms with Crippen molar-refractivity contribution in [2.75, 3.05) is 18.5 Å². The standard InChI is InChI=1S/C14H16FNO4/c1-2-7-20-8-3-4-13(17)16-12-9-10(14(18)19)5-6-11(12)15/h2,5-6,9H,1,3-4,7-8H2,(H,16,17)(H,18,19). The fourth-order valence-corrected chi connectivity index (χ4v) is 1.47. The average molecular weight is 281 g/mol. The van der Waals surface area contributed by atoms with E-state index in [-0.39, 0.29) is 17.7 Å². The van der Waals surface area contributed by atoms with Crippen molar-refractivity contribution in [3.05, 3.63) is 42.2 Å². The van der Waals surface area contributed by atoms with E-state index in [9.17, 15) is 14.0 Å². The first-order chi connectivity index (χ1) is 9.54. The van der Waals surface area contributed by atoms with Crippen molar-refractivity contribution in [1.29, 1.82) is 0 Å². The highest BCUT2D eigenvalue weighted by Gasteiger charge is 2.10. The van der Waals surface area contributed by atoms with Crippen molar-refractivity contribution in [3.8, 4) is 0 Å². The summed E-state index contributed by atoms with van der Waals surface area (Å²) in [4.78, 5) is 22.3. The van der Waals surface area contributed by atoms with Gasteiger partial charge in [0.1, 0.15) is 5.82 Å². The van der Waals surface area contributed by atoms with Crippen molar-refractivity contribution < 1.29 is 23.8 Å². The Morgan fingerprint density at radius 2 is 2.20 bits per heavy atom. The SMILES string of the molecule is C=CCOCCCC(=O)Nc1cc(C(=O)O)ccc1F. The van der Waals surface area contributed by atoms with Crippen LogP contribution in [-0.2, 0) is 9.53 Å². The van der Waals surface area contributed by atoms with E-state index >= 15 is 0 Å². The summed E-state index contributed by atoms with van der Waals surface area (Å²) < 4.78 is 18.5. The molecule has 0 spiro atoms. The number of amides is 1. The van der Waals surface area contributed by atoms with Gasteiger partial charge in [0.25, 0.3) is 0 Å². The Bertz CT molecular complexity index is 502. The van der Waals surface area contributed by atoms with Crippen molar-refractivity contribution in [3.63, 3.8) is 0 Å².